The Kier molecular flexibility index (Phi) is 5.08. The van der Waals surface area contributed by atoms with Gasteiger partial charge in [0.05, 0.1) is 0 Å². The van der Waals surface area contributed by atoms with Crippen molar-refractivity contribution in [2.75, 3.05) is 0 Å². The number of hydrogen-bond acceptors (Lipinski definition) is 0. The molecule has 0 amide bonds. The normalized spacial score (nSPS) is 11.6. The number of hydrogen-bond donors (Lipinski definition) is 0. The highest BCUT2D eigenvalue weighted by Gasteiger charge is 2.29. The van der Waals surface area contributed by atoms with E-state index in [9.17, 15) is 0 Å². The summed E-state index contributed by atoms with van der Waals surface area (Å²) in [4.78, 5) is 0. The largest absolute Gasteiger partial charge is 0.0985 e. The van der Waals surface area contributed by atoms with Gasteiger partial charge in [0.15, 0.2) is 0 Å². The molecule has 0 aliphatic heterocycles. The van der Waals surface area contributed by atoms with Crippen molar-refractivity contribution in [1.29, 1.82) is 0 Å². The summed E-state index contributed by atoms with van der Waals surface area (Å²) in [5.74, 6) is 0. The van der Waals surface area contributed by atoms with Crippen molar-refractivity contribution in [1.82, 2.24) is 0 Å². The van der Waals surface area contributed by atoms with Crippen LogP contribution < -0.4 is 0 Å². The molecule has 0 aromatic heterocycles. The summed E-state index contributed by atoms with van der Waals surface area (Å²) in [6.45, 7) is 3.92. The highest BCUT2D eigenvalue weighted by molar-refractivity contribution is 6.27. The van der Waals surface area contributed by atoms with Crippen LogP contribution >= 0.6 is 0 Å². The van der Waals surface area contributed by atoms with E-state index in [1.165, 1.54) is 77.2 Å². The average Bonchev–Trinajstić information content (AvgIpc) is 3.37. The van der Waals surface area contributed by atoms with Crippen LogP contribution in [-0.2, 0) is 0 Å². The molecule has 186 valence electrons. The fourth-order valence-corrected chi connectivity index (χ4v) is 6.58. The molecule has 0 radical (unpaired) electrons. The van der Waals surface area contributed by atoms with Gasteiger partial charge >= 0.3 is 0 Å². The summed E-state index contributed by atoms with van der Waals surface area (Å²) >= 11 is 0. The molecule has 0 bridgehead atoms. The van der Waals surface area contributed by atoms with E-state index >= 15 is 0 Å². The topological polar surface area (TPSA) is 0 Å². The first-order valence-electron chi connectivity index (χ1n) is 13.8. The molecule has 0 nitrogen and oxygen atoms in total. The number of rotatable bonds is 4. The van der Waals surface area contributed by atoms with Crippen molar-refractivity contribution in [3.63, 3.8) is 0 Å². The Bertz CT molecular complexity index is 2080. The average molecular weight is 507 g/mol. The minimum Gasteiger partial charge on any atom is -0.0985 e. The Morgan fingerprint density at radius 3 is 1.73 bits per heavy atom. The van der Waals surface area contributed by atoms with Gasteiger partial charge in [-0.15, -0.1) is 0 Å². The maximum absolute atomic E-state index is 3.92. The molecule has 0 spiro atoms. The SMILES string of the molecule is C=Cc1ccc(-c2ccc3c4c(cccc24)-c2c(-c4ccccc4)cc4cccc(-c5ccccc5)c4c2-3)cc1. The minimum absolute atomic E-state index is 1.13. The van der Waals surface area contributed by atoms with Crippen molar-refractivity contribution in [3.05, 3.63) is 152 Å². The van der Waals surface area contributed by atoms with E-state index in [0.717, 1.165) is 5.56 Å². The van der Waals surface area contributed by atoms with Gasteiger partial charge < -0.3 is 0 Å². The molecule has 0 N–H and O–H groups in total. The zero-order valence-corrected chi connectivity index (χ0v) is 22.1. The third-order valence-electron chi connectivity index (χ3n) is 8.37. The van der Waals surface area contributed by atoms with E-state index in [0.29, 0.717) is 0 Å². The van der Waals surface area contributed by atoms with Crippen LogP contribution in [0.5, 0.6) is 0 Å². The first kappa shape index (κ1) is 22.8. The number of benzene rings is 7. The van der Waals surface area contributed by atoms with Gasteiger partial charge in [0.1, 0.15) is 0 Å². The molecule has 0 unspecified atom stereocenters. The summed E-state index contributed by atoms with van der Waals surface area (Å²) in [6.07, 6.45) is 1.90. The molecule has 7 aromatic rings. The molecular formula is C40H26. The lowest BCUT2D eigenvalue weighted by Gasteiger charge is -2.17. The Morgan fingerprint density at radius 1 is 0.400 bits per heavy atom. The monoisotopic (exact) mass is 506 g/mol. The summed E-state index contributed by atoms with van der Waals surface area (Å²) in [5, 5.41) is 5.23. The Balaban J connectivity index is 1.51. The van der Waals surface area contributed by atoms with E-state index < -0.39 is 0 Å². The second-order valence-corrected chi connectivity index (χ2v) is 10.5. The first-order valence-corrected chi connectivity index (χ1v) is 13.8. The summed E-state index contributed by atoms with van der Waals surface area (Å²) < 4.78 is 0. The first-order chi connectivity index (χ1) is 19.8. The molecule has 0 heterocycles. The predicted molar refractivity (Wildman–Crippen MR) is 172 cm³/mol. The molecule has 8 rings (SSSR count). The van der Waals surface area contributed by atoms with Gasteiger partial charge in [0.25, 0.3) is 0 Å². The van der Waals surface area contributed by atoms with E-state index in [2.05, 4.69) is 146 Å². The molecule has 7 aromatic carbocycles. The number of fused-ring (bicyclic) bond motifs is 5. The van der Waals surface area contributed by atoms with Crippen LogP contribution in [0.4, 0.5) is 0 Å². The smallest absolute Gasteiger partial charge is 0.000763 e. The van der Waals surface area contributed by atoms with Crippen molar-refractivity contribution >= 4 is 27.6 Å². The van der Waals surface area contributed by atoms with E-state index in [-0.39, 0.29) is 0 Å². The lowest BCUT2D eigenvalue weighted by Crippen LogP contribution is -1.90. The van der Waals surface area contributed by atoms with Crippen LogP contribution in [0.1, 0.15) is 5.56 Å². The predicted octanol–water partition coefficient (Wildman–Crippen LogP) is 11.3. The van der Waals surface area contributed by atoms with Gasteiger partial charge in [0, 0.05) is 0 Å². The third-order valence-corrected chi connectivity index (χ3v) is 8.37. The maximum atomic E-state index is 3.92. The Morgan fingerprint density at radius 2 is 1.00 bits per heavy atom. The zero-order chi connectivity index (χ0) is 26.6. The fourth-order valence-electron chi connectivity index (χ4n) is 6.58. The molecule has 0 saturated carbocycles. The molecule has 1 aliphatic rings. The van der Waals surface area contributed by atoms with Gasteiger partial charge in [-0.05, 0) is 88.8 Å². The lowest BCUT2D eigenvalue weighted by atomic mass is 9.86. The molecule has 0 heteroatoms. The van der Waals surface area contributed by atoms with Crippen molar-refractivity contribution in [2.24, 2.45) is 0 Å². The zero-order valence-electron chi connectivity index (χ0n) is 22.1. The van der Waals surface area contributed by atoms with Gasteiger partial charge in [0.2, 0.25) is 0 Å². The fraction of sp³-hybridized carbons (Fsp3) is 0. The third kappa shape index (κ3) is 3.33. The van der Waals surface area contributed by atoms with Crippen LogP contribution in [-0.4, -0.2) is 0 Å². The molecular weight excluding hydrogens is 480 g/mol. The van der Waals surface area contributed by atoms with E-state index in [1.54, 1.807) is 0 Å². The molecule has 1 aliphatic carbocycles. The minimum atomic E-state index is 1.13. The molecule has 0 fully saturated rings. The van der Waals surface area contributed by atoms with Crippen molar-refractivity contribution in [2.45, 2.75) is 0 Å². The van der Waals surface area contributed by atoms with Gasteiger partial charge in [-0.25, -0.2) is 0 Å². The van der Waals surface area contributed by atoms with E-state index in [4.69, 9.17) is 0 Å². The highest BCUT2D eigenvalue weighted by Crippen LogP contribution is 2.56. The Hall–Kier alpha value is -5.20. The summed E-state index contributed by atoms with van der Waals surface area (Å²) in [7, 11) is 0. The lowest BCUT2D eigenvalue weighted by molar-refractivity contribution is 1.62. The highest BCUT2D eigenvalue weighted by atomic mass is 14.3. The molecule has 0 atom stereocenters. The van der Waals surface area contributed by atoms with Gasteiger partial charge in [-0.3, -0.25) is 0 Å². The van der Waals surface area contributed by atoms with Crippen LogP contribution in [0.15, 0.2) is 146 Å². The van der Waals surface area contributed by atoms with Crippen LogP contribution in [0.3, 0.4) is 0 Å². The van der Waals surface area contributed by atoms with Crippen LogP contribution in [0.2, 0.25) is 0 Å². The van der Waals surface area contributed by atoms with Crippen molar-refractivity contribution < 1.29 is 0 Å². The molecule has 0 saturated heterocycles. The van der Waals surface area contributed by atoms with Gasteiger partial charge in [-0.2, -0.15) is 0 Å². The quantitative estimate of drug-likeness (QED) is 0.223. The summed E-state index contributed by atoms with van der Waals surface area (Å²) in [5.41, 5.74) is 14.0. The second-order valence-electron chi connectivity index (χ2n) is 10.5. The van der Waals surface area contributed by atoms with Crippen molar-refractivity contribution in [3.8, 4) is 55.6 Å². The van der Waals surface area contributed by atoms with Crippen LogP contribution in [0, 0.1) is 0 Å². The van der Waals surface area contributed by atoms with E-state index in [1.807, 2.05) is 6.08 Å². The molecule has 40 heavy (non-hydrogen) atoms. The maximum Gasteiger partial charge on any atom is -0.000763 e. The van der Waals surface area contributed by atoms with Crippen LogP contribution in [0.25, 0.3) is 83.3 Å². The van der Waals surface area contributed by atoms with Gasteiger partial charge in [-0.1, -0.05) is 146 Å². The second kappa shape index (κ2) is 8.93. The standard InChI is InChI=1S/C40H26/c1-2-26-19-21-29(22-20-26)31-23-24-35-38-33(31)17-10-18-34(38)39-36(28-13-7-4-8-14-28)25-30-15-9-16-32(37(30)40(35)39)27-11-5-3-6-12-27/h2-25H,1H2. The Labute approximate surface area is 234 Å². The summed E-state index contributed by atoms with van der Waals surface area (Å²) in [6, 6.07) is 51.0.